The minimum Gasteiger partial charge on any atom is -0.353 e. The average molecular weight is 340 g/mol. The topological polar surface area (TPSA) is 52.6 Å². The summed E-state index contributed by atoms with van der Waals surface area (Å²) in [5.41, 5.74) is 0. The van der Waals surface area contributed by atoms with E-state index in [1.54, 1.807) is 0 Å². The van der Waals surface area contributed by atoms with Gasteiger partial charge in [0.25, 0.3) is 0 Å². The largest absolute Gasteiger partial charge is 0.353 e. The Hall–Kier alpha value is -0.750. The van der Waals surface area contributed by atoms with E-state index in [9.17, 15) is 9.59 Å². The quantitative estimate of drug-likeness (QED) is 0.821. The van der Waals surface area contributed by atoms with Crippen LogP contribution in [0.5, 0.6) is 0 Å². The number of likely N-dealkylation sites (tertiary alicyclic amines) is 2. The van der Waals surface area contributed by atoms with E-state index < -0.39 is 0 Å². The Morgan fingerprint density at radius 1 is 1.30 bits per heavy atom. The van der Waals surface area contributed by atoms with Crippen molar-refractivity contribution in [1.29, 1.82) is 0 Å². The summed E-state index contributed by atoms with van der Waals surface area (Å²) in [7, 11) is 0. The Bertz CT molecular complexity index is 440. The first-order valence-electron chi connectivity index (χ1n) is 9.07. The van der Waals surface area contributed by atoms with Crippen molar-refractivity contribution in [2.45, 2.75) is 51.1 Å². The number of nitrogens with zero attached hydrogens (tertiary/aromatic N) is 2. The van der Waals surface area contributed by atoms with Gasteiger partial charge in [-0.3, -0.25) is 14.5 Å². The highest BCUT2D eigenvalue weighted by Gasteiger charge is 2.37. The number of likely N-dealkylation sites (N-methyl/N-ethyl adjacent to an activating group) is 1. The maximum Gasteiger partial charge on any atom is 0.225 e. The molecule has 0 aliphatic carbocycles. The lowest BCUT2D eigenvalue weighted by molar-refractivity contribution is -0.129. The molecular formula is C17H29N3O2S. The first-order chi connectivity index (χ1) is 11.2. The first kappa shape index (κ1) is 17.1. The normalized spacial score (nSPS) is 30.1. The molecule has 130 valence electrons. The molecule has 5 nitrogen and oxygen atoms in total. The summed E-state index contributed by atoms with van der Waals surface area (Å²) in [5.74, 6) is 2.38. The number of nitrogens with one attached hydrogen (secondary N) is 1. The van der Waals surface area contributed by atoms with Gasteiger partial charge in [-0.15, -0.1) is 0 Å². The molecular weight excluding hydrogens is 310 g/mol. The molecule has 0 saturated carbocycles. The molecule has 3 aliphatic heterocycles. The maximum absolute atomic E-state index is 12.5. The zero-order valence-corrected chi connectivity index (χ0v) is 14.9. The number of amides is 2. The number of thioether (sulfide) groups is 1. The van der Waals surface area contributed by atoms with Crippen LogP contribution in [-0.2, 0) is 9.59 Å². The predicted octanol–water partition coefficient (Wildman–Crippen LogP) is 1.33. The highest BCUT2D eigenvalue weighted by atomic mass is 32.2. The van der Waals surface area contributed by atoms with Crippen LogP contribution in [0.1, 0.15) is 39.0 Å². The van der Waals surface area contributed by atoms with Crippen LogP contribution in [0.2, 0.25) is 0 Å². The number of rotatable bonds is 5. The van der Waals surface area contributed by atoms with Crippen LogP contribution >= 0.6 is 11.8 Å². The molecule has 0 unspecified atom stereocenters. The molecule has 1 N–H and O–H groups in total. The second-order valence-corrected chi connectivity index (χ2v) is 8.24. The van der Waals surface area contributed by atoms with Crippen LogP contribution in [0.4, 0.5) is 0 Å². The van der Waals surface area contributed by atoms with Crippen molar-refractivity contribution in [3.05, 3.63) is 0 Å². The minimum atomic E-state index is -0.145. The lowest BCUT2D eigenvalue weighted by Gasteiger charge is -2.28. The molecule has 0 spiro atoms. The third kappa shape index (κ3) is 4.21. The Labute approximate surface area is 143 Å². The summed E-state index contributed by atoms with van der Waals surface area (Å²) in [6.45, 7) is 5.79. The Kier molecular flexibility index (Phi) is 5.85. The molecule has 0 aromatic rings. The van der Waals surface area contributed by atoms with Crippen molar-refractivity contribution in [3.63, 3.8) is 0 Å². The van der Waals surface area contributed by atoms with Crippen molar-refractivity contribution in [2.24, 2.45) is 5.92 Å². The molecule has 3 heterocycles. The summed E-state index contributed by atoms with van der Waals surface area (Å²) >= 11 is 1.96. The number of carbonyl (C=O) groups is 2. The van der Waals surface area contributed by atoms with Gasteiger partial charge in [-0.25, -0.2) is 0 Å². The Morgan fingerprint density at radius 2 is 2.09 bits per heavy atom. The zero-order chi connectivity index (χ0) is 16.2. The minimum absolute atomic E-state index is 0.0940. The van der Waals surface area contributed by atoms with Crippen LogP contribution < -0.4 is 5.32 Å². The Morgan fingerprint density at radius 3 is 2.83 bits per heavy atom. The van der Waals surface area contributed by atoms with Crippen LogP contribution in [0.25, 0.3) is 0 Å². The van der Waals surface area contributed by atoms with E-state index in [-0.39, 0.29) is 17.7 Å². The van der Waals surface area contributed by atoms with Gasteiger partial charge in [0.2, 0.25) is 11.8 Å². The smallest absolute Gasteiger partial charge is 0.225 e. The van der Waals surface area contributed by atoms with Gasteiger partial charge >= 0.3 is 0 Å². The fourth-order valence-corrected chi connectivity index (χ4v) is 5.16. The Balaban J connectivity index is 1.49. The molecule has 0 aromatic carbocycles. The maximum atomic E-state index is 12.5. The van der Waals surface area contributed by atoms with Crippen molar-refractivity contribution in [3.8, 4) is 0 Å². The van der Waals surface area contributed by atoms with Gasteiger partial charge in [-0.05, 0) is 50.3 Å². The van der Waals surface area contributed by atoms with Crippen molar-refractivity contribution >= 4 is 23.6 Å². The summed E-state index contributed by atoms with van der Waals surface area (Å²) in [6.07, 6.45) is 4.92. The van der Waals surface area contributed by atoms with E-state index in [0.29, 0.717) is 25.0 Å². The van der Waals surface area contributed by atoms with Gasteiger partial charge < -0.3 is 10.2 Å². The van der Waals surface area contributed by atoms with Gasteiger partial charge in [0, 0.05) is 31.6 Å². The highest BCUT2D eigenvalue weighted by molar-refractivity contribution is 7.99. The van der Waals surface area contributed by atoms with Gasteiger partial charge in [0.05, 0.1) is 5.92 Å². The van der Waals surface area contributed by atoms with Gasteiger partial charge in [-0.2, -0.15) is 11.8 Å². The average Bonchev–Trinajstić information content (AvgIpc) is 3.15. The molecule has 3 saturated heterocycles. The lowest BCUT2D eigenvalue weighted by atomic mass is 10.1. The highest BCUT2D eigenvalue weighted by Crippen LogP contribution is 2.24. The molecule has 6 heteroatoms. The van der Waals surface area contributed by atoms with Gasteiger partial charge in [0.15, 0.2) is 0 Å². The van der Waals surface area contributed by atoms with Crippen molar-refractivity contribution in [2.75, 3.05) is 37.7 Å². The fourth-order valence-electron chi connectivity index (χ4n) is 4.06. The van der Waals surface area contributed by atoms with E-state index >= 15 is 0 Å². The summed E-state index contributed by atoms with van der Waals surface area (Å²) in [4.78, 5) is 29.1. The van der Waals surface area contributed by atoms with E-state index in [1.165, 1.54) is 12.8 Å². The third-order valence-corrected chi connectivity index (χ3v) is 6.54. The standard InChI is InChI=1S/C17H29N3O2S/c1-2-19-7-3-4-15(19)12-20-11-13(10-16(20)21)17(22)18-14-5-8-23-9-6-14/h13-15H,2-12H2,1H3,(H,18,22)/t13-,15+/m0/s1. The van der Waals surface area contributed by atoms with E-state index in [1.807, 2.05) is 16.7 Å². The van der Waals surface area contributed by atoms with Gasteiger partial charge in [-0.1, -0.05) is 6.92 Å². The number of hydrogen-bond acceptors (Lipinski definition) is 4. The molecule has 0 radical (unpaired) electrons. The first-order valence-corrected chi connectivity index (χ1v) is 10.2. The van der Waals surface area contributed by atoms with Gasteiger partial charge in [0.1, 0.15) is 0 Å². The van der Waals surface area contributed by atoms with E-state index in [0.717, 1.165) is 44.0 Å². The summed E-state index contributed by atoms with van der Waals surface area (Å²) in [6, 6.07) is 0.805. The number of hydrogen-bond donors (Lipinski definition) is 1. The zero-order valence-electron chi connectivity index (χ0n) is 14.1. The molecule has 3 rings (SSSR count). The summed E-state index contributed by atoms with van der Waals surface area (Å²) in [5, 5.41) is 3.17. The van der Waals surface area contributed by atoms with Crippen LogP contribution in [0.3, 0.4) is 0 Å². The van der Waals surface area contributed by atoms with Crippen LogP contribution in [-0.4, -0.2) is 71.4 Å². The molecule has 0 bridgehead atoms. The number of carbonyl (C=O) groups excluding carboxylic acids is 2. The molecule has 2 atom stereocenters. The SMILES string of the molecule is CCN1CCC[C@@H]1CN1C[C@@H](C(=O)NC2CCSCC2)CC1=O. The monoisotopic (exact) mass is 339 g/mol. The lowest BCUT2D eigenvalue weighted by Crippen LogP contribution is -2.43. The van der Waals surface area contributed by atoms with Crippen LogP contribution in [0, 0.1) is 5.92 Å². The molecule has 23 heavy (non-hydrogen) atoms. The summed E-state index contributed by atoms with van der Waals surface area (Å²) < 4.78 is 0. The third-order valence-electron chi connectivity index (χ3n) is 5.49. The van der Waals surface area contributed by atoms with Crippen molar-refractivity contribution < 1.29 is 9.59 Å². The van der Waals surface area contributed by atoms with E-state index in [2.05, 4.69) is 17.1 Å². The molecule has 0 aromatic heterocycles. The fraction of sp³-hybridized carbons (Fsp3) is 0.882. The second kappa shape index (κ2) is 7.88. The molecule has 2 amide bonds. The van der Waals surface area contributed by atoms with Crippen LogP contribution in [0.15, 0.2) is 0 Å². The van der Waals surface area contributed by atoms with E-state index in [4.69, 9.17) is 0 Å². The molecule has 3 aliphatic rings. The predicted molar refractivity (Wildman–Crippen MR) is 93.4 cm³/mol. The van der Waals surface area contributed by atoms with Crippen molar-refractivity contribution in [1.82, 2.24) is 15.1 Å². The molecule has 3 fully saturated rings. The second-order valence-electron chi connectivity index (χ2n) is 7.02.